The van der Waals surface area contributed by atoms with Gasteiger partial charge < -0.3 is 19.9 Å². The average molecular weight is 379 g/mol. The number of benzene rings is 2. The predicted octanol–water partition coefficient (Wildman–Crippen LogP) is 4.06. The van der Waals surface area contributed by atoms with E-state index in [9.17, 15) is 9.59 Å². The van der Waals surface area contributed by atoms with Crippen LogP contribution < -0.4 is 15.4 Å². The van der Waals surface area contributed by atoms with E-state index in [0.717, 1.165) is 0 Å². The number of rotatable bonds is 6. The van der Waals surface area contributed by atoms with Crippen molar-refractivity contribution in [3.63, 3.8) is 0 Å². The summed E-state index contributed by atoms with van der Waals surface area (Å²) in [6.07, 6.45) is 0.577. The molecule has 0 bridgehead atoms. The molecule has 2 amide bonds. The van der Waals surface area contributed by atoms with Crippen LogP contribution in [0.5, 0.6) is 5.75 Å². The molecule has 0 atom stereocenters. The van der Waals surface area contributed by atoms with E-state index >= 15 is 0 Å². The summed E-state index contributed by atoms with van der Waals surface area (Å²) in [5, 5.41) is 9.46. The van der Waals surface area contributed by atoms with Gasteiger partial charge in [-0.05, 0) is 55.5 Å². The van der Waals surface area contributed by atoms with Gasteiger partial charge in [0.25, 0.3) is 11.8 Å². The van der Waals surface area contributed by atoms with Crippen LogP contribution in [0, 0.1) is 6.92 Å². The number of hydrogen-bond acceptors (Lipinski definition) is 5. The summed E-state index contributed by atoms with van der Waals surface area (Å²) in [6, 6.07) is 13.7. The fourth-order valence-electron chi connectivity index (χ4n) is 2.73. The molecule has 0 fully saturated rings. The SMILES string of the molecule is CCc1onc(C)c1C(=O)Nc1ccc(C(=O)Nc2ccc(OC)cc2)cc1. The number of aryl methyl sites for hydroxylation is 2. The number of methoxy groups -OCH3 is 1. The fraction of sp³-hybridized carbons (Fsp3) is 0.190. The van der Waals surface area contributed by atoms with Gasteiger partial charge >= 0.3 is 0 Å². The van der Waals surface area contributed by atoms with Crippen LogP contribution in [-0.4, -0.2) is 24.1 Å². The van der Waals surface area contributed by atoms with Crippen molar-refractivity contribution in [2.75, 3.05) is 17.7 Å². The van der Waals surface area contributed by atoms with E-state index in [1.807, 2.05) is 6.92 Å². The van der Waals surface area contributed by atoms with Gasteiger partial charge in [-0.1, -0.05) is 12.1 Å². The van der Waals surface area contributed by atoms with Crippen molar-refractivity contribution in [1.29, 1.82) is 0 Å². The van der Waals surface area contributed by atoms with Gasteiger partial charge in [-0.2, -0.15) is 0 Å². The minimum Gasteiger partial charge on any atom is -0.497 e. The van der Waals surface area contributed by atoms with E-state index in [1.165, 1.54) is 0 Å². The minimum atomic E-state index is -0.286. The Hall–Kier alpha value is -3.61. The van der Waals surface area contributed by atoms with E-state index in [4.69, 9.17) is 9.26 Å². The normalized spacial score (nSPS) is 10.4. The molecule has 0 aliphatic heterocycles. The standard InChI is InChI=1S/C21H21N3O4/c1-4-18-19(13(2)24-28-18)21(26)23-15-7-5-14(6-8-15)20(25)22-16-9-11-17(27-3)12-10-16/h5-12H,4H2,1-3H3,(H,22,25)(H,23,26). The maximum atomic E-state index is 12.5. The Balaban J connectivity index is 1.66. The monoisotopic (exact) mass is 379 g/mol. The zero-order valence-electron chi connectivity index (χ0n) is 15.9. The fourth-order valence-corrected chi connectivity index (χ4v) is 2.73. The molecule has 144 valence electrons. The van der Waals surface area contributed by atoms with Crippen LogP contribution in [0.25, 0.3) is 0 Å². The maximum absolute atomic E-state index is 12.5. The Morgan fingerprint density at radius 3 is 2.11 bits per heavy atom. The molecule has 0 aliphatic rings. The average Bonchev–Trinajstić information content (AvgIpc) is 3.09. The topological polar surface area (TPSA) is 93.5 Å². The molecule has 1 heterocycles. The second kappa shape index (κ2) is 8.39. The Kier molecular flexibility index (Phi) is 5.74. The number of aromatic nitrogens is 1. The van der Waals surface area contributed by atoms with Gasteiger partial charge in [-0.25, -0.2) is 0 Å². The molecule has 3 aromatic rings. The first kappa shape index (κ1) is 19.2. The lowest BCUT2D eigenvalue weighted by Crippen LogP contribution is -2.15. The largest absolute Gasteiger partial charge is 0.497 e. The van der Waals surface area contributed by atoms with Crippen molar-refractivity contribution in [3.05, 3.63) is 71.1 Å². The molecule has 0 saturated carbocycles. The van der Waals surface area contributed by atoms with E-state index in [2.05, 4.69) is 15.8 Å². The van der Waals surface area contributed by atoms with Gasteiger partial charge in [0.15, 0.2) is 0 Å². The summed E-state index contributed by atoms with van der Waals surface area (Å²) in [7, 11) is 1.58. The number of nitrogens with one attached hydrogen (secondary N) is 2. The maximum Gasteiger partial charge on any atom is 0.261 e. The van der Waals surface area contributed by atoms with Gasteiger partial charge in [0, 0.05) is 23.4 Å². The van der Waals surface area contributed by atoms with E-state index < -0.39 is 0 Å². The Morgan fingerprint density at radius 1 is 0.964 bits per heavy atom. The quantitative estimate of drug-likeness (QED) is 0.674. The minimum absolute atomic E-state index is 0.244. The highest BCUT2D eigenvalue weighted by atomic mass is 16.5. The van der Waals surface area contributed by atoms with Crippen LogP contribution in [0.15, 0.2) is 53.1 Å². The third kappa shape index (κ3) is 4.20. The highest BCUT2D eigenvalue weighted by Gasteiger charge is 2.19. The number of hydrogen-bond donors (Lipinski definition) is 2. The van der Waals surface area contributed by atoms with Crippen molar-refractivity contribution in [3.8, 4) is 5.75 Å². The first-order valence-corrected chi connectivity index (χ1v) is 8.83. The van der Waals surface area contributed by atoms with Crippen LogP contribution in [0.3, 0.4) is 0 Å². The Labute approximate surface area is 162 Å². The number of nitrogens with zero attached hydrogens (tertiary/aromatic N) is 1. The first-order chi connectivity index (χ1) is 13.5. The lowest BCUT2D eigenvalue weighted by molar-refractivity contribution is 0.101. The third-order valence-electron chi connectivity index (χ3n) is 4.23. The highest BCUT2D eigenvalue weighted by molar-refractivity contribution is 6.07. The first-order valence-electron chi connectivity index (χ1n) is 8.83. The number of ether oxygens (including phenoxy) is 1. The molecular weight excluding hydrogens is 358 g/mol. The van der Waals surface area contributed by atoms with Crippen molar-refractivity contribution in [2.24, 2.45) is 0 Å². The Morgan fingerprint density at radius 2 is 1.54 bits per heavy atom. The molecule has 0 unspecified atom stereocenters. The molecule has 2 N–H and O–H groups in total. The summed E-state index contributed by atoms with van der Waals surface area (Å²) in [4.78, 5) is 24.9. The number of carbonyl (C=O) groups is 2. The van der Waals surface area contributed by atoms with Crippen LogP contribution in [0.1, 0.15) is 39.1 Å². The van der Waals surface area contributed by atoms with Gasteiger partial charge in [0.05, 0.1) is 12.8 Å². The van der Waals surface area contributed by atoms with Crippen LogP contribution in [-0.2, 0) is 6.42 Å². The molecule has 1 aromatic heterocycles. The molecule has 2 aromatic carbocycles. The lowest BCUT2D eigenvalue weighted by Gasteiger charge is -2.08. The highest BCUT2D eigenvalue weighted by Crippen LogP contribution is 2.19. The van der Waals surface area contributed by atoms with E-state index in [-0.39, 0.29) is 11.8 Å². The Bertz CT molecular complexity index is 976. The van der Waals surface area contributed by atoms with Crippen LogP contribution >= 0.6 is 0 Å². The molecule has 7 heteroatoms. The molecule has 0 saturated heterocycles. The van der Waals surface area contributed by atoms with Gasteiger partial charge in [0.2, 0.25) is 0 Å². The molecule has 0 radical (unpaired) electrons. The van der Waals surface area contributed by atoms with Gasteiger partial charge in [0.1, 0.15) is 17.1 Å². The summed E-state index contributed by atoms with van der Waals surface area (Å²) >= 11 is 0. The van der Waals surface area contributed by atoms with Crippen LogP contribution in [0.2, 0.25) is 0 Å². The van der Waals surface area contributed by atoms with E-state index in [1.54, 1.807) is 62.6 Å². The molecule has 0 aliphatic carbocycles. The molecule has 7 nitrogen and oxygen atoms in total. The summed E-state index contributed by atoms with van der Waals surface area (Å²) < 4.78 is 10.2. The van der Waals surface area contributed by atoms with Crippen molar-refractivity contribution < 1.29 is 18.8 Å². The molecule has 28 heavy (non-hydrogen) atoms. The van der Waals surface area contributed by atoms with Crippen molar-refractivity contribution >= 4 is 23.2 Å². The lowest BCUT2D eigenvalue weighted by atomic mass is 10.1. The molecular formula is C21H21N3O4. The number of anilines is 2. The zero-order chi connectivity index (χ0) is 20.1. The van der Waals surface area contributed by atoms with Crippen molar-refractivity contribution in [1.82, 2.24) is 5.16 Å². The predicted molar refractivity (Wildman–Crippen MR) is 106 cm³/mol. The summed E-state index contributed by atoms with van der Waals surface area (Å²) in [5.74, 6) is 0.732. The van der Waals surface area contributed by atoms with Gasteiger partial charge in [-0.15, -0.1) is 0 Å². The third-order valence-corrected chi connectivity index (χ3v) is 4.23. The van der Waals surface area contributed by atoms with E-state index in [0.29, 0.717) is 46.1 Å². The second-order valence-corrected chi connectivity index (χ2v) is 6.13. The molecule has 0 spiro atoms. The summed E-state index contributed by atoms with van der Waals surface area (Å²) in [5.41, 5.74) is 2.71. The van der Waals surface area contributed by atoms with Gasteiger partial charge in [-0.3, -0.25) is 9.59 Å². The smallest absolute Gasteiger partial charge is 0.261 e. The zero-order valence-corrected chi connectivity index (χ0v) is 15.9. The second-order valence-electron chi connectivity index (χ2n) is 6.13. The summed E-state index contributed by atoms with van der Waals surface area (Å²) in [6.45, 7) is 3.62. The molecule has 3 rings (SSSR count). The van der Waals surface area contributed by atoms with Crippen molar-refractivity contribution in [2.45, 2.75) is 20.3 Å². The number of amides is 2. The number of carbonyl (C=O) groups excluding carboxylic acids is 2. The van der Waals surface area contributed by atoms with Crippen LogP contribution in [0.4, 0.5) is 11.4 Å².